The highest BCUT2D eigenvalue weighted by molar-refractivity contribution is 5.49. The highest BCUT2D eigenvalue weighted by Crippen LogP contribution is 2.23. The Morgan fingerprint density at radius 3 is 3.06 bits per heavy atom. The maximum Gasteiger partial charge on any atom is 0.193 e. The lowest BCUT2D eigenvalue weighted by atomic mass is 10.1. The molecule has 1 aliphatic rings. The van der Waals surface area contributed by atoms with Crippen LogP contribution in [-0.4, -0.2) is 20.2 Å². The summed E-state index contributed by atoms with van der Waals surface area (Å²) in [6.45, 7) is 2.00. The van der Waals surface area contributed by atoms with E-state index in [1.165, 1.54) is 15.9 Å². The summed E-state index contributed by atoms with van der Waals surface area (Å²) in [5.74, 6) is 0.684. The first-order chi connectivity index (χ1) is 8.31. The summed E-state index contributed by atoms with van der Waals surface area (Å²) in [5, 5.41) is 15.1. The Kier molecular flexibility index (Phi) is 2.49. The van der Waals surface area contributed by atoms with Crippen molar-refractivity contribution in [3.63, 3.8) is 0 Å². The molecule has 0 bridgehead atoms. The molecule has 6 heteroatoms. The van der Waals surface area contributed by atoms with Crippen LogP contribution < -0.4 is 5.32 Å². The fraction of sp³-hybridized carbons (Fsp3) is 0.364. The van der Waals surface area contributed by atoms with Gasteiger partial charge in [-0.05, 0) is 28.5 Å². The zero-order valence-corrected chi connectivity index (χ0v) is 9.55. The van der Waals surface area contributed by atoms with Crippen molar-refractivity contribution in [3.05, 3.63) is 35.2 Å². The SMILES string of the molecule is Cn1nnc(CNc2ccc3c(c2)COC3)n1. The predicted molar refractivity (Wildman–Crippen MR) is 61.1 cm³/mol. The number of benzene rings is 1. The van der Waals surface area contributed by atoms with Crippen LogP contribution in [0.5, 0.6) is 0 Å². The number of aromatic nitrogens is 4. The van der Waals surface area contributed by atoms with Crippen LogP contribution in [0.3, 0.4) is 0 Å². The third-order valence-electron chi connectivity index (χ3n) is 2.72. The van der Waals surface area contributed by atoms with Crippen molar-refractivity contribution in [1.29, 1.82) is 0 Å². The zero-order chi connectivity index (χ0) is 11.7. The Morgan fingerprint density at radius 2 is 2.24 bits per heavy atom. The third-order valence-corrected chi connectivity index (χ3v) is 2.72. The first-order valence-corrected chi connectivity index (χ1v) is 5.47. The Hall–Kier alpha value is -1.95. The second-order valence-corrected chi connectivity index (χ2v) is 4.02. The molecule has 0 saturated carbocycles. The van der Waals surface area contributed by atoms with Crippen LogP contribution in [0.1, 0.15) is 17.0 Å². The molecule has 0 aliphatic carbocycles. The molecule has 17 heavy (non-hydrogen) atoms. The number of anilines is 1. The summed E-state index contributed by atoms with van der Waals surface area (Å²) in [5.41, 5.74) is 3.58. The number of rotatable bonds is 3. The van der Waals surface area contributed by atoms with Crippen LogP contribution in [0.15, 0.2) is 18.2 Å². The number of hydrogen-bond acceptors (Lipinski definition) is 5. The first-order valence-electron chi connectivity index (χ1n) is 5.47. The minimum Gasteiger partial charge on any atom is -0.378 e. The van der Waals surface area contributed by atoms with E-state index in [9.17, 15) is 0 Å². The van der Waals surface area contributed by atoms with E-state index in [-0.39, 0.29) is 0 Å². The largest absolute Gasteiger partial charge is 0.378 e. The Bertz CT molecular complexity index is 536. The van der Waals surface area contributed by atoms with Crippen molar-refractivity contribution >= 4 is 5.69 Å². The maximum atomic E-state index is 5.37. The van der Waals surface area contributed by atoms with Crippen LogP contribution in [0.4, 0.5) is 5.69 Å². The molecule has 0 unspecified atom stereocenters. The van der Waals surface area contributed by atoms with Gasteiger partial charge in [0.15, 0.2) is 5.82 Å². The van der Waals surface area contributed by atoms with Gasteiger partial charge in [-0.1, -0.05) is 6.07 Å². The monoisotopic (exact) mass is 231 g/mol. The van der Waals surface area contributed by atoms with Gasteiger partial charge in [-0.2, -0.15) is 4.80 Å². The Labute approximate surface area is 98.6 Å². The molecule has 0 fully saturated rings. The van der Waals surface area contributed by atoms with Gasteiger partial charge in [0.2, 0.25) is 0 Å². The molecule has 0 atom stereocenters. The highest BCUT2D eigenvalue weighted by Gasteiger charge is 2.11. The molecule has 2 aromatic rings. The van der Waals surface area contributed by atoms with Gasteiger partial charge >= 0.3 is 0 Å². The average molecular weight is 231 g/mol. The van der Waals surface area contributed by atoms with E-state index in [0.717, 1.165) is 12.3 Å². The molecule has 6 nitrogen and oxygen atoms in total. The standard InChI is InChI=1S/C11H13N5O/c1-16-14-11(13-15-16)5-12-10-3-2-8-6-17-7-9(8)4-10/h2-4,12H,5-7H2,1H3. The van der Waals surface area contributed by atoms with E-state index in [2.05, 4.69) is 32.9 Å². The van der Waals surface area contributed by atoms with Crippen molar-refractivity contribution in [1.82, 2.24) is 20.2 Å². The Balaban J connectivity index is 1.69. The molecule has 0 spiro atoms. The molecule has 0 saturated heterocycles. The fourth-order valence-corrected chi connectivity index (χ4v) is 1.86. The molecule has 0 radical (unpaired) electrons. The molecule has 0 amide bonds. The van der Waals surface area contributed by atoms with Crippen LogP contribution in [0, 0.1) is 0 Å². The minimum atomic E-state index is 0.577. The highest BCUT2D eigenvalue weighted by atomic mass is 16.5. The van der Waals surface area contributed by atoms with Crippen molar-refractivity contribution in [3.8, 4) is 0 Å². The molecule has 3 rings (SSSR count). The van der Waals surface area contributed by atoms with Crippen LogP contribution >= 0.6 is 0 Å². The quantitative estimate of drug-likeness (QED) is 0.848. The number of hydrogen-bond donors (Lipinski definition) is 1. The molecular weight excluding hydrogens is 218 g/mol. The van der Waals surface area contributed by atoms with Gasteiger partial charge in [-0.3, -0.25) is 0 Å². The second kappa shape index (κ2) is 4.14. The number of nitrogens with zero attached hydrogens (tertiary/aromatic N) is 4. The van der Waals surface area contributed by atoms with Crippen LogP contribution in [0.2, 0.25) is 0 Å². The topological polar surface area (TPSA) is 64.9 Å². The summed E-state index contributed by atoms with van der Waals surface area (Å²) in [6.07, 6.45) is 0. The van der Waals surface area contributed by atoms with Gasteiger partial charge < -0.3 is 10.1 Å². The molecule has 1 aromatic carbocycles. The summed E-state index contributed by atoms with van der Waals surface area (Å²) in [4.78, 5) is 1.45. The van der Waals surface area contributed by atoms with Gasteiger partial charge in [-0.25, -0.2) is 0 Å². The molecule has 2 heterocycles. The smallest absolute Gasteiger partial charge is 0.193 e. The lowest BCUT2D eigenvalue weighted by molar-refractivity contribution is 0.134. The molecular formula is C11H13N5O. The van der Waals surface area contributed by atoms with Crippen molar-refractivity contribution in [2.45, 2.75) is 19.8 Å². The fourth-order valence-electron chi connectivity index (χ4n) is 1.86. The predicted octanol–water partition coefficient (Wildman–Crippen LogP) is 0.852. The summed E-state index contributed by atoms with van der Waals surface area (Å²) >= 11 is 0. The third kappa shape index (κ3) is 2.12. The van der Waals surface area contributed by atoms with Gasteiger partial charge in [0.1, 0.15) is 0 Å². The van der Waals surface area contributed by atoms with Gasteiger partial charge in [0.25, 0.3) is 0 Å². The number of ether oxygens (including phenoxy) is 1. The molecule has 1 aromatic heterocycles. The van der Waals surface area contributed by atoms with Gasteiger partial charge in [0, 0.05) is 5.69 Å². The van der Waals surface area contributed by atoms with E-state index in [0.29, 0.717) is 19.0 Å². The normalized spacial score (nSPS) is 13.7. The van der Waals surface area contributed by atoms with Crippen molar-refractivity contribution < 1.29 is 4.74 Å². The lowest BCUT2D eigenvalue weighted by Gasteiger charge is -2.05. The van der Waals surface area contributed by atoms with E-state index >= 15 is 0 Å². The molecule has 1 aliphatic heterocycles. The van der Waals surface area contributed by atoms with Crippen molar-refractivity contribution in [2.24, 2.45) is 7.05 Å². The minimum absolute atomic E-state index is 0.577. The average Bonchev–Trinajstić information content (AvgIpc) is 2.94. The summed E-state index contributed by atoms with van der Waals surface area (Å²) in [6, 6.07) is 6.25. The van der Waals surface area contributed by atoms with Crippen LogP contribution in [0.25, 0.3) is 0 Å². The first kappa shape index (κ1) is 10.2. The van der Waals surface area contributed by atoms with E-state index in [1.54, 1.807) is 7.05 Å². The van der Waals surface area contributed by atoms with Gasteiger partial charge in [0.05, 0.1) is 26.8 Å². The molecule has 1 N–H and O–H groups in total. The second-order valence-electron chi connectivity index (χ2n) is 4.02. The number of aryl methyl sites for hydroxylation is 1. The Morgan fingerprint density at radius 1 is 1.35 bits per heavy atom. The number of tetrazole rings is 1. The van der Waals surface area contributed by atoms with Crippen molar-refractivity contribution in [2.75, 3.05) is 5.32 Å². The van der Waals surface area contributed by atoms with Crippen LogP contribution in [-0.2, 0) is 31.5 Å². The number of fused-ring (bicyclic) bond motifs is 1. The van der Waals surface area contributed by atoms with Gasteiger partial charge in [-0.15, -0.1) is 10.2 Å². The van der Waals surface area contributed by atoms with E-state index < -0.39 is 0 Å². The lowest BCUT2D eigenvalue weighted by Crippen LogP contribution is -2.02. The van der Waals surface area contributed by atoms with E-state index in [4.69, 9.17) is 4.74 Å². The summed E-state index contributed by atoms with van der Waals surface area (Å²) < 4.78 is 5.37. The zero-order valence-electron chi connectivity index (χ0n) is 9.55. The number of nitrogens with one attached hydrogen (secondary N) is 1. The molecule has 88 valence electrons. The van der Waals surface area contributed by atoms with E-state index in [1.807, 2.05) is 6.07 Å². The maximum absolute atomic E-state index is 5.37. The summed E-state index contributed by atoms with van der Waals surface area (Å²) in [7, 11) is 1.75.